The summed E-state index contributed by atoms with van der Waals surface area (Å²) in [5.41, 5.74) is 0. The summed E-state index contributed by atoms with van der Waals surface area (Å²) in [5, 5.41) is 12.0. The molecule has 4 amide bonds. The standard InChI is InChI=1S/C22H36N4O5S/c1-2-3-4-8-19(27)23-10-12-30-14-15-31-13-11-24-20(28)9-6-5-7-18-21-17(16-32-18)25-22(29)26-21/h1,17-18,21H,3-16H2,(H,23,27)(H,24,28)(H2,25,26,29)/t17-,18-,21-/m0/s1. The molecular formula is C22H36N4O5S. The van der Waals surface area contributed by atoms with Gasteiger partial charge in [0.05, 0.1) is 38.5 Å². The number of rotatable bonds is 17. The van der Waals surface area contributed by atoms with Crippen molar-refractivity contribution in [3.8, 4) is 12.3 Å². The average Bonchev–Trinajstić information content (AvgIpc) is 3.32. The van der Waals surface area contributed by atoms with Crippen molar-refractivity contribution in [2.75, 3.05) is 45.3 Å². The van der Waals surface area contributed by atoms with Crippen molar-refractivity contribution >= 4 is 29.6 Å². The van der Waals surface area contributed by atoms with Crippen LogP contribution in [0, 0.1) is 12.3 Å². The molecule has 2 aliphatic rings. The largest absolute Gasteiger partial charge is 0.377 e. The van der Waals surface area contributed by atoms with Crippen molar-refractivity contribution < 1.29 is 23.9 Å². The normalized spacial score (nSPS) is 21.3. The highest BCUT2D eigenvalue weighted by atomic mass is 32.2. The van der Waals surface area contributed by atoms with Crippen LogP contribution in [-0.4, -0.2) is 80.4 Å². The summed E-state index contributed by atoms with van der Waals surface area (Å²) < 4.78 is 10.8. The van der Waals surface area contributed by atoms with E-state index in [4.69, 9.17) is 15.9 Å². The molecule has 0 saturated carbocycles. The summed E-state index contributed by atoms with van der Waals surface area (Å²) in [7, 11) is 0. The molecule has 0 aromatic rings. The molecule has 2 aliphatic heterocycles. The Morgan fingerprint density at radius 3 is 2.31 bits per heavy atom. The van der Waals surface area contributed by atoms with Crippen molar-refractivity contribution in [3.63, 3.8) is 0 Å². The van der Waals surface area contributed by atoms with E-state index in [2.05, 4.69) is 27.2 Å². The highest BCUT2D eigenvalue weighted by Gasteiger charge is 2.42. The number of hydrogen-bond acceptors (Lipinski definition) is 6. The maximum Gasteiger partial charge on any atom is 0.315 e. The molecule has 2 heterocycles. The second-order valence-corrected chi connectivity index (χ2v) is 9.12. The van der Waals surface area contributed by atoms with Gasteiger partial charge in [0.1, 0.15) is 0 Å². The molecule has 2 rings (SSSR count). The van der Waals surface area contributed by atoms with E-state index in [0.717, 1.165) is 25.0 Å². The highest BCUT2D eigenvalue weighted by molar-refractivity contribution is 8.00. The number of ether oxygens (including phenoxy) is 2. The van der Waals surface area contributed by atoms with E-state index >= 15 is 0 Å². The summed E-state index contributed by atoms with van der Waals surface area (Å²) in [6.07, 6.45) is 10.2. The molecule has 0 radical (unpaired) electrons. The number of urea groups is 1. The SMILES string of the molecule is C#CCCCC(=O)NCCOCCOCCNC(=O)CCCC[C@@H]1SC[C@@H]2NC(=O)N[C@@H]21. The van der Waals surface area contributed by atoms with Crippen LogP contribution < -0.4 is 21.3 Å². The summed E-state index contributed by atoms with van der Waals surface area (Å²) >= 11 is 1.90. The van der Waals surface area contributed by atoms with E-state index < -0.39 is 0 Å². The number of carbonyl (C=O) groups excluding carboxylic acids is 3. The number of amides is 4. The molecule has 10 heteroatoms. The number of thioether (sulfide) groups is 1. The Balaban J connectivity index is 1.32. The zero-order chi connectivity index (χ0) is 23.0. The van der Waals surface area contributed by atoms with Gasteiger partial charge in [0.15, 0.2) is 0 Å². The zero-order valence-electron chi connectivity index (χ0n) is 18.7. The number of carbonyl (C=O) groups is 3. The first-order chi connectivity index (χ1) is 15.6. The lowest BCUT2D eigenvalue weighted by molar-refractivity contribution is -0.122. The third kappa shape index (κ3) is 10.6. The summed E-state index contributed by atoms with van der Waals surface area (Å²) in [4.78, 5) is 34.8. The summed E-state index contributed by atoms with van der Waals surface area (Å²) in [5.74, 6) is 3.49. The molecule has 0 aromatic carbocycles. The molecule has 0 aliphatic carbocycles. The van der Waals surface area contributed by atoms with Crippen LogP contribution in [0.5, 0.6) is 0 Å². The molecule has 32 heavy (non-hydrogen) atoms. The van der Waals surface area contributed by atoms with Gasteiger partial charge in [-0.1, -0.05) is 6.42 Å². The number of terminal acetylenes is 1. The lowest BCUT2D eigenvalue weighted by Gasteiger charge is -2.16. The van der Waals surface area contributed by atoms with Crippen molar-refractivity contribution in [2.24, 2.45) is 0 Å². The van der Waals surface area contributed by atoms with Gasteiger partial charge in [-0.15, -0.1) is 12.3 Å². The molecule has 180 valence electrons. The monoisotopic (exact) mass is 468 g/mol. The minimum Gasteiger partial charge on any atom is -0.377 e. The smallest absolute Gasteiger partial charge is 0.315 e. The number of unbranched alkanes of at least 4 members (excludes halogenated alkanes) is 2. The molecule has 9 nitrogen and oxygen atoms in total. The fourth-order valence-electron chi connectivity index (χ4n) is 3.65. The fraction of sp³-hybridized carbons (Fsp3) is 0.773. The van der Waals surface area contributed by atoms with E-state index in [0.29, 0.717) is 70.5 Å². The van der Waals surface area contributed by atoms with Crippen LogP contribution in [0.1, 0.15) is 44.9 Å². The van der Waals surface area contributed by atoms with E-state index in [9.17, 15) is 14.4 Å². The maximum absolute atomic E-state index is 11.9. The van der Waals surface area contributed by atoms with Gasteiger partial charge in [0.25, 0.3) is 0 Å². The lowest BCUT2D eigenvalue weighted by atomic mass is 10.0. The second-order valence-electron chi connectivity index (χ2n) is 7.85. The van der Waals surface area contributed by atoms with Crippen molar-refractivity contribution in [3.05, 3.63) is 0 Å². The minimum absolute atomic E-state index is 0.0125. The van der Waals surface area contributed by atoms with E-state index in [1.54, 1.807) is 0 Å². The van der Waals surface area contributed by atoms with E-state index in [-0.39, 0.29) is 29.9 Å². The molecule has 2 fully saturated rings. The highest BCUT2D eigenvalue weighted by Crippen LogP contribution is 2.33. The van der Waals surface area contributed by atoms with E-state index in [1.165, 1.54) is 0 Å². The van der Waals surface area contributed by atoms with Gasteiger partial charge in [-0.3, -0.25) is 9.59 Å². The van der Waals surface area contributed by atoms with E-state index in [1.807, 2.05) is 11.8 Å². The quantitative estimate of drug-likeness (QED) is 0.142. The van der Waals surface area contributed by atoms with Gasteiger partial charge in [0.2, 0.25) is 11.8 Å². The number of nitrogens with one attached hydrogen (secondary N) is 4. The lowest BCUT2D eigenvalue weighted by Crippen LogP contribution is -2.36. The van der Waals surface area contributed by atoms with Gasteiger partial charge in [-0.25, -0.2) is 4.79 Å². The first kappa shape index (κ1) is 26.3. The fourth-order valence-corrected chi connectivity index (χ4v) is 5.19. The average molecular weight is 469 g/mol. The topological polar surface area (TPSA) is 118 Å². The van der Waals surface area contributed by atoms with Gasteiger partial charge in [0, 0.05) is 43.4 Å². The molecule has 0 aromatic heterocycles. The Bertz CT molecular complexity index is 642. The van der Waals surface area contributed by atoms with Gasteiger partial charge >= 0.3 is 6.03 Å². The van der Waals surface area contributed by atoms with Crippen LogP contribution in [0.3, 0.4) is 0 Å². The van der Waals surface area contributed by atoms with Crippen LogP contribution in [0.25, 0.3) is 0 Å². The van der Waals surface area contributed by atoms with Gasteiger partial charge in [-0.2, -0.15) is 11.8 Å². The predicted octanol–water partition coefficient (Wildman–Crippen LogP) is 0.781. The van der Waals surface area contributed by atoms with Crippen LogP contribution >= 0.6 is 11.8 Å². The molecule has 2 saturated heterocycles. The molecule has 0 unspecified atom stereocenters. The molecule has 0 spiro atoms. The Kier molecular flexibility index (Phi) is 13.0. The number of fused-ring (bicyclic) bond motifs is 1. The zero-order valence-corrected chi connectivity index (χ0v) is 19.5. The number of hydrogen-bond donors (Lipinski definition) is 4. The first-order valence-electron chi connectivity index (χ1n) is 11.4. The van der Waals surface area contributed by atoms with Gasteiger partial charge < -0.3 is 30.7 Å². The molecule has 4 N–H and O–H groups in total. The minimum atomic E-state index is -0.0604. The van der Waals surface area contributed by atoms with Gasteiger partial charge in [-0.05, 0) is 19.3 Å². The Labute approximate surface area is 194 Å². The second kappa shape index (κ2) is 15.8. The Morgan fingerprint density at radius 1 is 1.00 bits per heavy atom. The predicted molar refractivity (Wildman–Crippen MR) is 124 cm³/mol. The van der Waals surface area contributed by atoms with Crippen molar-refractivity contribution in [2.45, 2.75) is 62.3 Å². The molecule has 0 bridgehead atoms. The summed E-state index contributed by atoms with van der Waals surface area (Å²) in [6, 6.07) is 0.418. The van der Waals surface area contributed by atoms with Crippen LogP contribution in [-0.2, 0) is 19.1 Å². The Hall–Kier alpha value is -1.96. The van der Waals surface area contributed by atoms with Crippen LogP contribution in [0.2, 0.25) is 0 Å². The Morgan fingerprint density at radius 2 is 1.66 bits per heavy atom. The first-order valence-corrected chi connectivity index (χ1v) is 12.5. The van der Waals surface area contributed by atoms with Crippen LogP contribution in [0.4, 0.5) is 4.79 Å². The maximum atomic E-state index is 11.9. The van der Waals surface area contributed by atoms with Crippen molar-refractivity contribution in [1.29, 1.82) is 0 Å². The third-order valence-corrected chi connectivity index (χ3v) is 6.82. The third-order valence-electron chi connectivity index (χ3n) is 5.31. The molecule has 3 atom stereocenters. The summed E-state index contributed by atoms with van der Waals surface area (Å²) in [6.45, 7) is 2.71. The van der Waals surface area contributed by atoms with Crippen LogP contribution in [0.15, 0.2) is 0 Å². The molecular weight excluding hydrogens is 432 g/mol. The van der Waals surface area contributed by atoms with Crippen molar-refractivity contribution in [1.82, 2.24) is 21.3 Å².